The van der Waals surface area contributed by atoms with Gasteiger partial charge in [0.2, 0.25) is 5.91 Å². The molecule has 0 spiro atoms. The number of carbonyl (C=O) groups excluding carboxylic acids is 1. The predicted molar refractivity (Wildman–Crippen MR) is 81.9 cm³/mol. The van der Waals surface area contributed by atoms with E-state index in [-0.39, 0.29) is 24.0 Å². The summed E-state index contributed by atoms with van der Waals surface area (Å²) in [6.07, 6.45) is 0.937. The van der Waals surface area contributed by atoms with Crippen LogP contribution in [0.2, 0.25) is 0 Å². The van der Waals surface area contributed by atoms with Gasteiger partial charge in [-0.15, -0.1) is 0 Å². The number of ether oxygens (including phenoxy) is 1. The van der Waals surface area contributed by atoms with Gasteiger partial charge in [0.05, 0.1) is 13.2 Å². The van der Waals surface area contributed by atoms with E-state index in [1.807, 2.05) is 38.1 Å². The third-order valence-electron chi connectivity index (χ3n) is 3.51. The normalized spacial score (nSPS) is 15.2. The van der Waals surface area contributed by atoms with Gasteiger partial charge in [-0.2, -0.15) is 0 Å². The molecule has 1 rings (SSSR count). The van der Waals surface area contributed by atoms with Gasteiger partial charge in [-0.3, -0.25) is 10.1 Å². The molecule has 2 unspecified atom stereocenters. The number of methoxy groups -OCH3 is 1. The smallest absolute Gasteiger partial charge is 0.237 e. The lowest BCUT2D eigenvalue weighted by atomic mass is 10.1. The second kappa shape index (κ2) is 7.90. The highest BCUT2D eigenvalue weighted by molar-refractivity contribution is 5.81. The summed E-state index contributed by atoms with van der Waals surface area (Å²) < 4.78 is 5.14. The van der Waals surface area contributed by atoms with Crippen molar-refractivity contribution < 1.29 is 9.53 Å². The first-order valence-corrected chi connectivity index (χ1v) is 7.18. The first kappa shape index (κ1) is 16.5. The van der Waals surface area contributed by atoms with Crippen LogP contribution in [0.15, 0.2) is 24.3 Å². The lowest BCUT2D eigenvalue weighted by Crippen LogP contribution is -2.45. The van der Waals surface area contributed by atoms with Crippen molar-refractivity contribution >= 4 is 5.91 Å². The third-order valence-corrected chi connectivity index (χ3v) is 3.51. The zero-order valence-electron chi connectivity index (χ0n) is 13.1. The van der Waals surface area contributed by atoms with E-state index >= 15 is 0 Å². The van der Waals surface area contributed by atoms with Gasteiger partial charge in [0.25, 0.3) is 0 Å². The van der Waals surface area contributed by atoms with Crippen LogP contribution in [0.1, 0.15) is 45.7 Å². The van der Waals surface area contributed by atoms with Crippen molar-refractivity contribution in [3.05, 3.63) is 29.8 Å². The summed E-state index contributed by atoms with van der Waals surface area (Å²) in [5, 5.41) is 6.29. The zero-order valence-corrected chi connectivity index (χ0v) is 13.1. The fraction of sp³-hybridized carbons (Fsp3) is 0.562. The maximum Gasteiger partial charge on any atom is 0.237 e. The topological polar surface area (TPSA) is 50.4 Å². The maximum absolute atomic E-state index is 12.0. The lowest BCUT2D eigenvalue weighted by molar-refractivity contribution is -0.123. The molecule has 0 aromatic heterocycles. The molecule has 4 heteroatoms. The molecular formula is C16H26N2O2. The average molecular weight is 278 g/mol. The Morgan fingerprint density at radius 1 is 1.20 bits per heavy atom. The molecule has 4 nitrogen and oxygen atoms in total. The van der Waals surface area contributed by atoms with Crippen molar-refractivity contribution in [3.63, 3.8) is 0 Å². The van der Waals surface area contributed by atoms with E-state index in [1.165, 1.54) is 0 Å². The first-order valence-electron chi connectivity index (χ1n) is 7.18. The second-order valence-electron chi connectivity index (χ2n) is 5.20. The van der Waals surface area contributed by atoms with E-state index in [4.69, 9.17) is 4.74 Å². The van der Waals surface area contributed by atoms with Crippen LogP contribution in [-0.2, 0) is 4.79 Å². The van der Waals surface area contributed by atoms with E-state index in [0.717, 1.165) is 17.7 Å². The molecule has 1 aromatic rings. The molecule has 1 aromatic carbocycles. The Morgan fingerprint density at radius 3 is 2.30 bits per heavy atom. The minimum Gasteiger partial charge on any atom is -0.497 e. The highest BCUT2D eigenvalue weighted by Crippen LogP contribution is 2.17. The molecular weight excluding hydrogens is 252 g/mol. The molecule has 0 aliphatic carbocycles. The van der Waals surface area contributed by atoms with Crippen LogP contribution in [0, 0.1) is 0 Å². The minimum absolute atomic E-state index is 0.0414. The van der Waals surface area contributed by atoms with E-state index in [1.54, 1.807) is 7.11 Å². The van der Waals surface area contributed by atoms with E-state index in [9.17, 15) is 4.79 Å². The van der Waals surface area contributed by atoms with Gasteiger partial charge < -0.3 is 10.1 Å². The quantitative estimate of drug-likeness (QED) is 0.806. The van der Waals surface area contributed by atoms with E-state index < -0.39 is 0 Å². The summed E-state index contributed by atoms with van der Waals surface area (Å²) in [7, 11) is 1.65. The predicted octanol–water partition coefficient (Wildman–Crippen LogP) is 2.65. The summed E-state index contributed by atoms with van der Waals surface area (Å²) in [6.45, 7) is 8.01. The van der Waals surface area contributed by atoms with Crippen molar-refractivity contribution in [2.24, 2.45) is 0 Å². The summed E-state index contributed by atoms with van der Waals surface area (Å²) in [4.78, 5) is 12.0. The summed E-state index contributed by atoms with van der Waals surface area (Å²) >= 11 is 0. The monoisotopic (exact) mass is 278 g/mol. The molecule has 3 atom stereocenters. The highest BCUT2D eigenvalue weighted by atomic mass is 16.5. The van der Waals surface area contributed by atoms with E-state index in [2.05, 4.69) is 24.5 Å². The number of amides is 1. The van der Waals surface area contributed by atoms with Crippen molar-refractivity contribution in [3.8, 4) is 5.75 Å². The van der Waals surface area contributed by atoms with Crippen molar-refractivity contribution in [2.45, 2.75) is 52.2 Å². The van der Waals surface area contributed by atoms with Crippen LogP contribution in [0.5, 0.6) is 5.75 Å². The fourth-order valence-electron chi connectivity index (χ4n) is 1.91. The molecule has 0 aliphatic rings. The van der Waals surface area contributed by atoms with Crippen molar-refractivity contribution in [1.82, 2.24) is 10.6 Å². The number of hydrogen-bond acceptors (Lipinski definition) is 3. The molecule has 0 saturated heterocycles. The molecule has 0 aliphatic heterocycles. The van der Waals surface area contributed by atoms with Crippen LogP contribution >= 0.6 is 0 Å². The number of hydrogen-bond donors (Lipinski definition) is 2. The Balaban J connectivity index is 2.55. The molecule has 0 bridgehead atoms. The zero-order chi connectivity index (χ0) is 15.1. The molecule has 0 saturated carbocycles. The molecule has 2 N–H and O–H groups in total. The van der Waals surface area contributed by atoms with Crippen LogP contribution < -0.4 is 15.4 Å². The molecule has 20 heavy (non-hydrogen) atoms. The largest absolute Gasteiger partial charge is 0.497 e. The first-order chi connectivity index (χ1) is 9.47. The molecule has 0 radical (unpaired) electrons. The molecule has 0 heterocycles. The van der Waals surface area contributed by atoms with Crippen molar-refractivity contribution in [1.29, 1.82) is 0 Å². The fourth-order valence-corrected chi connectivity index (χ4v) is 1.91. The Hall–Kier alpha value is -1.55. The van der Waals surface area contributed by atoms with Gasteiger partial charge >= 0.3 is 0 Å². The van der Waals surface area contributed by atoms with Gasteiger partial charge in [0.15, 0.2) is 0 Å². The summed E-state index contributed by atoms with van der Waals surface area (Å²) in [5.74, 6) is 0.878. The SMILES string of the molecule is CCC(C)NC(=O)C(C)N[C@H](C)c1ccc(OC)cc1. The Morgan fingerprint density at radius 2 is 1.80 bits per heavy atom. The highest BCUT2D eigenvalue weighted by Gasteiger charge is 2.17. The summed E-state index contributed by atoms with van der Waals surface area (Å²) in [5.41, 5.74) is 1.13. The Labute approximate surface area is 121 Å². The van der Waals surface area contributed by atoms with Crippen LogP contribution in [-0.4, -0.2) is 25.1 Å². The number of benzene rings is 1. The van der Waals surface area contributed by atoms with Gasteiger partial charge in [0.1, 0.15) is 5.75 Å². The second-order valence-corrected chi connectivity index (χ2v) is 5.20. The van der Waals surface area contributed by atoms with Gasteiger partial charge in [-0.25, -0.2) is 0 Å². The number of carbonyl (C=O) groups is 1. The molecule has 1 amide bonds. The van der Waals surface area contributed by atoms with Crippen LogP contribution in [0.25, 0.3) is 0 Å². The van der Waals surface area contributed by atoms with Crippen molar-refractivity contribution in [2.75, 3.05) is 7.11 Å². The van der Waals surface area contributed by atoms with Crippen LogP contribution in [0.3, 0.4) is 0 Å². The number of nitrogens with one attached hydrogen (secondary N) is 2. The van der Waals surface area contributed by atoms with Gasteiger partial charge in [0, 0.05) is 12.1 Å². The average Bonchev–Trinajstić information content (AvgIpc) is 2.46. The third kappa shape index (κ3) is 4.85. The Bertz CT molecular complexity index is 417. The molecule has 0 fully saturated rings. The van der Waals surface area contributed by atoms with Gasteiger partial charge in [-0.05, 0) is 44.9 Å². The van der Waals surface area contributed by atoms with E-state index in [0.29, 0.717) is 0 Å². The Kier molecular flexibility index (Phi) is 6.52. The standard InChI is InChI=1S/C16H26N2O2/c1-6-11(2)17-16(19)13(4)18-12(3)14-7-9-15(20-5)10-8-14/h7-13,18H,6H2,1-5H3,(H,17,19)/t11?,12-,13?/m1/s1. The minimum atomic E-state index is -0.221. The number of rotatable bonds is 7. The lowest BCUT2D eigenvalue weighted by Gasteiger charge is -2.22. The van der Waals surface area contributed by atoms with Gasteiger partial charge in [-0.1, -0.05) is 19.1 Å². The maximum atomic E-state index is 12.0. The summed E-state index contributed by atoms with van der Waals surface area (Å²) in [6, 6.07) is 7.98. The molecule has 112 valence electrons. The van der Waals surface area contributed by atoms with Crippen LogP contribution in [0.4, 0.5) is 0 Å².